The Hall–Kier alpha value is -3.72. The van der Waals surface area contributed by atoms with E-state index in [-0.39, 0.29) is 22.8 Å². The number of likely N-dealkylation sites (tertiary alicyclic amines) is 1. The van der Waals surface area contributed by atoms with Gasteiger partial charge in [-0.05, 0) is 63.0 Å². The maximum Gasteiger partial charge on any atom is 0.295 e. The molecule has 2 aromatic carbocycles. The number of anilines is 1. The number of likely N-dealkylation sites (N-methyl/N-ethyl adjacent to an activating group) is 1. The van der Waals surface area contributed by atoms with E-state index in [1.165, 1.54) is 18.1 Å². The molecule has 2 aliphatic rings. The van der Waals surface area contributed by atoms with E-state index in [1.54, 1.807) is 30.3 Å². The summed E-state index contributed by atoms with van der Waals surface area (Å²) >= 11 is 0. The molecule has 9 heteroatoms. The van der Waals surface area contributed by atoms with Crippen LogP contribution in [0.15, 0.2) is 42.0 Å². The molecule has 0 bridgehead atoms. The van der Waals surface area contributed by atoms with Crippen LogP contribution < -0.4 is 14.4 Å². The summed E-state index contributed by atoms with van der Waals surface area (Å²) in [5.74, 6) is -0.844. The Labute approximate surface area is 204 Å². The number of phenolic OH excluding ortho intramolecular Hbond substituents is 1. The van der Waals surface area contributed by atoms with Crippen molar-refractivity contribution in [2.75, 3.05) is 59.4 Å². The molecule has 1 saturated heterocycles. The second-order valence-corrected chi connectivity index (χ2v) is 9.03. The number of aliphatic hydroxyl groups is 1. The molecule has 0 aromatic heterocycles. The van der Waals surface area contributed by atoms with E-state index in [0.29, 0.717) is 43.0 Å². The van der Waals surface area contributed by atoms with E-state index < -0.39 is 17.7 Å². The third-order valence-corrected chi connectivity index (χ3v) is 6.39. The van der Waals surface area contributed by atoms with Crippen molar-refractivity contribution in [2.45, 2.75) is 12.5 Å². The molecule has 1 unspecified atom stereocenters. The van der Waals surface area contributed by atoms with E-state index in [2.05, 4.69) is 0 Å². The Morgan fingerprint density at radius 2 is 1.97 bits per heavy atom. The number of Topliss-reactive ketones (excluding diaryl/α,β-unsaturated/α-hetero) is 1. The van der Waals surface area contributed by atoms with Crippen LogP contribution in [0.1, 0.15) is 23.6 Å². The molecule has 0 saturated carbocycles. The zero-order valence-corrected chi connectivity index (χ0v) is 20.4. The molecular weight excluding hydrogens is 450 g/mol. The molecule has 0 spiro atoms. The lowest BCUT2D eigenvalue weighted by atomic mass is 9.94. The zero-order valence-electron chi connectivity index (χ0n) is 20.4. The highest BCUT2D eigenvalue weighted by Crippen LogP contribution is 2.43. The second kappa shape index (κ2) is 9.87. The van der Waals surface area contributed by atoms with Crippen LogP contribution in [-0.2, 0) is 9.59 Å². The maximum atomic E-state index is 13.2. The smallest absolute Gasteiger partial charge is 0.295 e. The van der Waals surface area contributed by atoms with Gasteiger partial charge in [-0.15, -0.1) is 0 Å². The molecule has 9 nitrogen and oxygen atoms in total. The Kier molecular flexibility index (Phi) is 6.88. The largest absolute Gasteiger partial charge is 0.507 e. The van der Waals surface area contributed by atoms with Gasteiger partial charge in [-0.25, -0.2) is 0 Å². The van der Waals surface area contributed by atoms with Gasteiger partial charge in [0.2, 0.25) is 0 Å². The number of phenols is 1. The fourth-order valence-corrected chi connectivity index (χ4v) is 4.55. The molecule has 186 valence electrons. The van der Waals surface area contributed by atoms with Crippen molar-refractivity contribution in [3.8, 4) is 17.2 Å². The quantitative estimate of drug-likeness (QED) is 0.354. The number of aliphatic hydroxyl groups excluding tert-OH is 1. The monoisotopic (exact) mass is 481 g/mol. The number of ketones is 1. The number of carbonyl (C=O) groups excluding carboxylic acids is 2. The number of carbonyl (C=O) groups is 2. The van der Waals surface area contributed by atoms with Crippen molar-refractivity contribution in [3.63, 3.8) is 0 Å². The molecule has 2 aliphatic heterocycles. The minimum Gasteiger partial charge on any atom is -0.507 e. The van der Waals surface area contributed by atoms with Gasteiger partial charge in [0.05, 0.1) is 31.0 Å². The minimum absolute atomic E-state index is 0.0104. The van der Waals surface area contributed by atoms with Crippen molar-refractivity contribution < 1.29 is 29.3 Å². The first-order valence-electron chi connectivity index (χ1n) is 11.5. The first kappa shape index (κ1) is 24.4. The number of hydrogen-bond donors (Lipinski definition) is 2. The molecule has 0 aliphatic carbocycles. The summed E-state index contributed by atoms with van der Waals surface area (Å²) in [5, 5.41) is 21.8. The maximum absolute atomic E-state index is 13.2. The minimum atomic E-state index is -0.848. The molecule has 2 N–H and O–H groups in total. The first-order chi connectivity index (χ1) is 16.7. The molecule has 4 rings (SSSR count). The predicted molar refractivity (Wildman–Crippen MR) is 132 cm³/mol. The highest BCUT2D eigenvalue weighted by molar-refractivity contribution is 6.46. The van der Waals surface area contributed by atoms with Crippen LogP contribution in [0.2, 0.25) is 0 Å². The van der Waals surface area contributed by atoms with Gasteiger partial charge in [0.15, 0.2) is 11.5 Å². The summed E-state index contributed by atoms with van der Waals surface area (Å²) < 4.78 is 10.8. The van der Waals surface area contributed by atoms with Gasteiger partial charge < -0.3 is 34.4 Å². The lowest BCUT2D eigenvalue weighted by Gasteiger charge is -2.28. The van der Waals surface area contributed by atoms with Gasteiger partial charge in [-0.1, -0.05) is 6.07 Å². The van der Waals surface area contributed by atoms with E-state index in [0.717, 1.165) is 12.2 Å². The van der Waals surface area contributed by atoms with Crippen LogP contribution in [0.4, 0.5) is 5.69 Å². The van der Waals surface area contributed by atoms with Gasteiger partial charge in [0.1, 0.15) is 18.1 Å². The number of rotatable bonds is 7. The summed E-state index contributed by atoms with van der Waals surface area (Å²) in [6.45, 7) is 2.30. The van der Waals surface area contributed by atoms with E-state index in [4.69, 9.17) is 9.47 Å². The van der Waals surface area contributed by atoms with Crippen molar-refractivity contribution in [2.24, 2.45) is 0 Å². The summed E-state index contributed by atoms with van der Waals surface area (Å²) in [5.41, 5.74) is 1.70. The fraction of sp³-hybridized carbons (Fsp3) is 0.385. The third kappa shape index (κ3) is 4.64. The van der Waals surface area contributed by atoms with Gasteiger partial charge in [0.25, 0.3) is 11.7 Å². The van der Waals surface area contributed by atoms with E-state index in [1.807, 2.05) is 30.9 Å². The second-order valence-electron chi connectivity index (χ2n) is 9.03. The van der Waals surface area contributed by atoms with Crippen LogP contribution in [0.3, 0.4) is 0 Å². The number of methoxy groups -OCH3 is 1. The summed E-state index contributed by atoms with van der Waals surface area (Å²) in [6.07, 6.45) is 0.639. The Morgan fingerprint density at radius 3 is 2.66 bits per heavy atom. The standard InChI is InChI=1S/C26H31N3O6/c1-27(2)10-5-11-29-23(16-6-9-21(34-4)19(30)15-16)22(25(32)26(29)33)24(31)17-7-8-20-18(14-17)28(3)12-13-35-20/h6-9,14-15,23,30-31H,5,10-13H2,1-4H3/b24-22-. The van der Waals surface area contributed by atoms with Crippen molar-refractivity contribution in [3.05, 3.63) is 53.1 Å². The van der Waals surface area contributed by atoms with Crippen LogP contribution in [0.25, 0.3) is 5.76 Å². The zero-order chi connectivity index (χ0) is 25.3. The van der Waals surface area contributed by atoms with Crippen LogP contribution in [-0.4, -0.2) is 86.2 Å². The van der Waals surface area contributed by atoms with Gasteiger partial charge in [-0.3, -0.25) is 9.59 Å². The first-order valence-corrected chi connectivity index (χ1v) is 11.5. The Morgan fingerprint density at radius 1 is 1.20 bits per heavy atom. The van der Waals surface area contributed by atoms with E-state index in [9.17, 15) is 19.8 Å². The molecule has 1 fully saturated rings. The predicted octanol–water partition coefficient (Wildman–Crippen LogP) is 2.60. The normalized spacial score (nSPS) is 19.2. The topological polar surface area (TPSA) is 103 Å². The highest BCUT2D eigenvalue weighted by Gasteiger charge is 2.46. The number of benzene rings is 2. The summed E-state index contributed by atoms with van der Waals surface area (Å²) in [7, 11) is 7.24. The van der Waals surface area contributed by atoms with Gasteiger partial charge in [0, 0.05) is 19.2 Å². The van der Waals surface area contributed by atoms with E-state index >= 15 is 0 Å². The highest BCUT2D eigenvalue weighted by atomic mass is 16.5. The average Bonchev–Trinajstić information content (AvgIpc) is 3.08. The summed E-state index contributed by atoms with van der Waals surface area (Å²) in [6, 6.07) is 9.07. The molecular formula is C26H31N3O6. The molecule has 2 heterocycles. The molecule has 2 aromatic rings. The Balaban J connectivity index is 1.82. The number of hydrogen-bond acceptors (Lipinski definition) is 8. The Bertz CT molecular complexity index is 1180. The number of fused-ring (bicyclic) bond motifs is 1. The number of amides is 1. The SMILES string of the molecule is COc1ccc(C2/C(=C(/O)c3ccc4c(c3)N(C)CCO4)C(=O)C(=O)N2CCCN(C)C)cc1O. The van der Waals surface area contributed by atoms with Gasteiger partial charge >= 0.3 is 0 Å². The third-order valence-electron chi connectivity index (χ3n) is 6.39. The molecule has 1 amide bonds. The number of aromatic hydroxyl groups is 1. The van der Waals surface area contributed by atoms with Crippen molar-refractivity contribution >= 4 is 23.1 Å². The fourth-order valence-electron chi connectivity index (χ4n) is 4.55. The molecule has 35 heavy (non-hydrogen) atoms. The average molecular weight is 482 g/mol. The van der Waals surface area contributed by atoms with Gasteiger partial charge in [-0.2, -0.15) is 0 Å². The molecule has 1 atom stereocenters. The van der Waals surface area contributed by atoms with Crippen LogP contribution in [0.5, 0.6) is 17.2 Å². The lowest BCUT2D eigenvalue weighted by Crippen LogP contribution is -2.32. The lowest BCUT2D eigenvalue weighted by molar-refractivity contribution is -0.139. The van der Waals surface area contributed by atoms with Crippen molar-refractivity contribution in [1.82, 2.24) is 9.80 Å². The number of ether oxygens (including phenoxy) is 2. The van der Waals surface area contributed by atoms with Crippen LogP contribution in [0, 0.1) is 0 Å². The molecule has 0 radical (unpaired) electrons. The summed E-state index contributed by atoms with van der Waals surface area (Å²) in [4.78, 5) is 31.8. The van der Waals surface area contributed by atoms with Crippen LogP contribution >= 0.6 is 0 Å². The number of nitrogens with zero attached hydrogens (tertiary/aromatic N) is 3. The van der Waals surface area contributed by atoms with Crippen molar-refractivity contribution in [1.29, 1.82) is 0 Å².